The third-order valence-corrected chi connectivity index (χ3v) is 7.19. The normalized spacial score (nSPS) is 17.9. The summed E-state index contributed by atoms with van der Waals surface area (Å²) in [5.41, 5.74) is 1.79. The number of sulfonamides is 1. The summed E-state index contributed by atoms with van der Waals surface area (Å²) in [5.74, 6) is 0.262. The zero-order valence-corrected chi connectivity index (χ0v) is 16.4. The highest BCUT2D eigenvalue weighted by Crippen LogP contribution is 2.34. The summed E-state index contributed by atoms with van der Waals surface area (Å²) in [6, 6.07) is 17.2. The highest BCUT2D eigenvalue weighted by molar-refractivity contribution is 7.88. The first kappa shape index (κ1) is 19.4. The number of nitrogens with zero attached hydrogens (tertiary/aromatic N) is 1. The summed E-state index contributed by atoms with van der Waals surface area (Å²) in [6.07, 6.45) is 1.58. The Balaban J connectivity index is 1.65. The number of methoxy groups -OCH3 is 1. The van der Waals surface area contributed by atoms with Crippen molar-refractivity contribution in [1.29, 1.82) is 0 Å². The van der Waals surface area contributed by atoms with Crippen molar-refractivity contribution in [3.63, 3.8) is 0 Å². The molecule has 0 N–H and O–H groups in total. The lowest BCUT2D eigenvalue weighted by molar-refractivity contribution is 0.0303. The maximum Gasteiger partial charge on any atom is 0.218 e. The average molecular weight is 394 g/mol. The monoisotopic (exact) mass is 393 g/mol. The Labute approximate surface area is 160 Å². The van der Waals surface area contributed by atoms with Crippen molar-refractivity contribution in [3.8, 4) is 0 Å². The molecular weight excluding hydrogens is 370 g/mol. The molecule has 0 radical (unpaired) electrons. The molecule has 26 heavy (non-hydrogen) atoms. The minimum atomic E-state index is -3.37. The molecule has 1 atom stereocenters. The predicted molar refractivity (Wildman–Crippen MR) is 105 cm³/mol. The van der Waals surface area contributed by atoms with Gasteiger partial charge in [0.15, 0.2) is 0 Å². The molecule has 2 aromatic carbocycles. The molecule has 1 unspecified atom stereocenters. The van der Waals surface area contributed by atoms with E-state index in [-0.39, 0.29) is 11.9 Å². The molecule has 1 saturated heterocycles. The highest BCUT2D eigenvalue weighted by atomic mass is 35.5. The molecule has 0 amide bonds. The molecule has 1 heterocycles. The van der Waals surface area contributed by atoms with Crippen molar-refractivity contribution in [3.05, 3.63) is 70.7 Å². The number of hydrogen-bond acceptors (Lipinski definition) is 3. The van der Waals surface area contributed by atoms with Crippen LogP contribution in [0, 0.1) is 5.92 Å². The second kappa shape index (κ2) is 8.53. The summed E-state index contributed by atoms with van der Waals surface area (Å²) in [5, 5.41) is 0.495. The van der Waals surface area contributed by atoms with Crippen LogP contribution in [-0.4, -0.2) is 32.9 Å². The lowest BCUT2D eigenvalue weighted by Crippen LogP contribution is -2.40. The molecule has 1 fully saturated rings. The Morgan fingerprint density at radius 3 is 2.31 bits per heavy atom. The van der Waals surface area contributed by atoms with Crippen LogP contribution >= 0.6 is 11.6 Å². The minimum Gasteiger partial charge on any atom is -0.376 e. The van der Waals surface area contributed by atoms with Crippen LogP contribution in [0.25, 0.3) is 0 Å². The van der Waals surface area contributed by atoms with E-state index in [1.54, 1.807) is 29.6 Å². The molecule has 3 rings (SSSR count). The van der Waals surface area contributed by atoms with Crippen LogP contribution in [0.3, 0.4) is 0 Å². The minimum absolute atomic E-state index is 0.00428. The van der Waals surface area contributed by atoms with Gasteiger partial charge in [-0.25, -0.2) is 12.7 Å². The van der Waals surface area contributed by atoms with Crippen LogP contribution < -0.4 is 0 Å². The summed E-state index contributed by atoms with van der Waals surface area (Å²) >= 11 is 6.12. The van der Waals surface area contributed by atoms with E-state index in [0.29, 0.717) is 29.6 Å². The number of hydrogen-bond donors (Lipinski definition) is 0. The molecule has 0 spiro atoms. The molecule has 2 aromatic rings. The second-order valence-corrected chi connectivity index (χ2v) is 9.03. The Morgan fingerprint density at radius 1 is 1.08 bits per heavy atom. The largest absolute Gasteiger partial charge is 0.376 e. The molecule has 0 bridgehead atoms. The van der Waals surface area contributed by atoms with Crippen LogP contribution in [0.5, 0.6) is 0 Å². The van der Waals surface area contributed by atoms with Crippen molar-refractivity contribution in [1.82, 2.24) is 4.31 Å². The van der Waals surface area contributed by atoms with Gasteiger partial charge in [-0.15, -0.1) is 0 Å². The van der Waals surface area contributed by atoms with Gasteiger partial charge >= 0.3 is 0 Å². The van der Waals surface area contributed by atoms with Gasteiger partial charge in [-0.1, -0.05) is 60.1 Å². The van der Waals surface area contributed by atoms with E-state index < -0.39 is 10.0 Å². The maximum atomic E-state index is 12.8. The summed E-state index contributed by atoms with van der Waals surface area (Å²) in [4.78, 5) is 0. The van der Waals surface area contributed by atoms with Gasteiger partial charge in [-0.2, -0.15) is 0 Å². The Morgan fingerprint density at radius 2 is 1.69 bits per heavy atom. The topological polar surface area (TPSA) is 46.6 Å². The van der Waals surface area contributed by atoms with Gasteiger partial charge < -0.3 is 4.74 Å². The van der Waals surface area contributed by atoms with E-state index in [1.165, 1.54) is 0 Å². The standard InChI is InChI=1S/C20H24ClNO3S/c1-25-20(16-7-3-2-4-8-16)17-11-13-22(14-12-17)26(23,24)15-18-9-5-6-10-19(18)21/h2-10,17,20H,11-15H2,1H3. The Kier molecular flexibility index (Phi) is 6.35. The van der Waals surface area contributed by atoms with Crippen LogP contribution in [0.2, 0.25) is 5.02 Å². The number of piperidine rings is 1. The van der Waals surface area contributed by atoms with Crippen molar-refractivity contribution in [2.45, 2.75) is 24.7 Å². The van der Waals surface area contributed by atoms with Crippen molar-refractivity contribution < 1.29 is 13.2 Å². The van der Waals surface area contributed by atoms with E-state index in [4.69, 9.17) is 16.3 Å². The lowest BCUT2D eigenvalue weighted by Gasteiger charge is -2.35. The van der Waals surface area contributed by atoms with Crippen molar-refractivity contribution in [2.75, 3.05) is 20.2 Å². The average Bonchev–Trinajstić information content (AvgIpc) is 2.65. The lowest BCUT2D eigenvalue weighted by atomic mass is 9.88. The van der Waals surface area contributed by atoms with Crippen LogP contribution in [0.15, 0.2) is 54.6 Å². The van der Waals surface area contributed by atoms with E-state index >= 15 is 0 Å². The fourth-order valence-electron chi connectivity index (χ4n) is 3.60. The third-order valence-electron chi connectivity index (χ3n) is 5.00. The second-order valence-electron chi connectivity index (χ2n) is 6.65. The van der Waals surface area contributed by atoms with Gasteiger partial charge in [0.05, 0.1) is 11.9 Å². The molecule has 140 valence electrons. The third kappa shape index (κ3) is 4.46. The maximum absolute atomic E-state index is 12.8. The molecule has 1 aliphatic rings. The number of benzene rings is 2. The van der Waals surface area contributed by atoms with Crippen LogP contribution in [0.4, 0.5) is 0 Å². The van der Waals surface area contributed by atoms with Gasteiger partial charge in [0.2, 0.25) is 10.0 Å². The quantitative estimate of drug-likeness (QED) is 0.736. The summed E-state index contributed by atoms with van der Waals surface area (Å²) in [6.45, 7) is 1.04. The SMILES string of the molecule is COC(c1ccccc1)C1CCN(S(=O)(=O)Cc2ccccc2Cl)CC1. The number of ether oxygens (including phenoxy) is 1. The van der Waals surface area contributed by atoms with Gasteiger partial charge in [0.25, 0.3) is 0 Å². The van der Waals surface area contributed by atoms with E-state index in [9.17, 15) is 8.42 Å². The first-order valence-corrected chi connectivity index (χ1v) is 10.8. The van der Waals surface area contributed by atoms with Crippen molar-refractivity contribution in [2.24, 2.45) is 5.92 Å². The van der Waals surface area contributed by atoms with Crippen LogP contribution in [-0.2, 0) is 20.5 Å². The van der Waals surface area contributed by atoms with Crippen molar-refractivity contribution >= 4 is 21.6 Å². The van der Waals surface area contributed by atoms with Crippen LogP contribution in [0.1, 0.15) is 30.1 Å². The van der Waals surface area contributed by atoms with Gasteiger partial charge in [0.1, 0.15) is 0 Å². The fourth-order valence-corrected chi connectivity index (χ4v) is 5.48. The molecule has 1 aliphatic heterocycles. The highest BCUT2D eigenvalue weighted by Gasteiger charge is 2.32. The fraction of sp³-hybridized carbons (Fsp3) is 0.400. The Bertz CT molecular complexity index is 818. The molecule has 6 heteroatoms. The Hall–Kier alpha value is -1.40. The molecule has 4 nitrogen and oxygen atoms in total. The number of halogens is 1. The van der Waals surface area contributed by atoms with E-state index in [2.05, 4.69) is 12.1 Å². The predicted octanol–water partition coefficient (Wildman–Crippen LogP) is 4.27. The first-order chi connectivity index (χ1) is 12.5. The number of rotatable bonds is 6. The van der Waals surface area contributed by atoms with Gasteiger partial charge in [-0.3, -0.25) is 0 Å². The zero-order valence-electron chi connectivity index (χ0n) is 14.8. The van der Waals surface area contributed by atoms with Gasteiger partial charge in [-0.05, 0) is 36.0 Å². The smallest absolute Gasteiger partial charge is 0.218 e. The molecule has 0 aromatic heterocycles. The summed E-state index contributed by atoms with van der Waals surface area (Å²) in [7, 11) is -1.65. The van der Waals surface area contributed by atoms with Gasteiger partial charge in [0, 0.05) is 25.2 Å². The summed E-state index contributed by atoms with van der Waals surface area (Å²) < 4.78 is 32.8. The first-order valence-electron chi connectivity index (χ1n) is 8.80. The molecular formula is C20H24ClNO3S. The van der Waals surface area contributed by atoms with E-state index in [1.807, 2.05) is 24.3 Å². The molecule has 0 saturated carbocycles. The molecule has 0 aliphatic carbocycles. The zero-order chi connectivity index (χ0) is 18.6. The van der Waals surface area contributed by atoms with E-state index in [0.717, 1.165) is 18.4 Å².